The van der Waals surface area contributed by atoms with Crippen LogP contribution in [0.25, 0.3) is 27.5 Å². The molecule has 0 aliphatic carbocycles. The third kappa shape index (κ3) is 2.06. The van der Waals surface area contributed by atoms with Crippen LogP contribution in [0, 0.1) is 17.0 Å². The molecular formula is C17H12N4O3. The molecule has 118 valence electrons. The van der Waals surface area contributed by atoms with E-state index in [-0.39, 0.29) is 11.2 Å². The number of fused-ring (bicyclic) bond motifs is 3. The van der Waals surface area contributed by atoms with Gasteiger partial charge in [0.2, 0.25) is 0 Å². The second-order valence-corrected chi connectivity index (χ2v) is 5.59. The molecule has 0 bridgehead atoms. The molecular weight excluding hydrogens is 308 g/mol. The minimum absolute atomic E-state index is 0.0227. The Bertz CT molecular complexity index is 1160. The molecule has 2 heterocycles. The summed E-state index contributed by atoms with van der Waals surface area (Å²) in [5, 5.41) is 15.2. The van der Waals surface area contributed by atoms with E-state index in [0.717, 1.165) is 16.5 Å². The second-order valence-electron chi connectivity index (χ2n) is 5.59. The van der Waals surface area contributed by atoms with Crippen molar-refractivity contribution in [1.29, 1.82) is 0 Å². The average Bonchev–Trinajstić information content (AvgIpc) is 2.92. The number of hydrogen-bond donors (Lipinski definition) is 1. The number of aromatic amines is 1. The molecule has 0 aliphatic rings. The molecule has 0 spiro atoms. The molecule has 4 aromatic rings. The van der Waals surface area contributed by atoms with Crippen molar-refractivity contribution in [1.82, 2.24) is 14.8 Å². The Morgan fingerprint density at radius 1 is 1.12 bits per heavy atom. The monoisotopic (exact) mass is 320 g/mol. The first-order chi connectivity index (χ1) is 11.5. The van der Waals surface area contributed by atoms with Crippen LogP contribution in [0.1, 0.15) is 5.56 Å². The van der Waals surface area contributed by atoms with Gasteiger partial charge < -0.3 is 0 Å². The first-order valence-electron chi connectivity index (χ1n) is 7.29. The van der Waals surface area contributed by atoms with Crippen molar-refractivity contribution in [2.45, 2.75) is 6.92 Å². The number of aryl methyl sites for hydroxylation is 1. The number of nitro benzene ring substituents is 1. The van der Waals surface area contributed by atoms with E-state index >= 15 is 0 Å². The fourth-order valence-corrected chi connectivity index (χ4v) is 2.77. The quantitative estimate of drug-likeness (QED) is 0.453. The van der Waals surface area contributed by atoms with Crippen molar-refractivity contribution in [3.63, 3.8) is 0 Å². The normalized spacial score (nSPS) is 11.2. The summed E-state index contributed by atoms with van der Waals surface area (Å²) in [5.41, 5.74) is 2.86. The predicted molar refractivity (Wildman–Crippen MR) is 90.6 cm³/mol. The number of nitro groups is 1. The summed E-state index contributed by atoms with van der Waals surface area (Å²) in [4.78, 5) is 27.2. The molecule has 0 radical (unpaired) electrons. The van der Waals surface area contributed by atoms with Gasteiger partial charge in [-0.1, -0.05) is 12.1 Å². The zero-order chi connectivity index (χ0) is 16.8. The molecule has 7 nitrogen and oxygen atoms in total. The minimum Gasteiger partial charge on any atom is -0.290 e. The van der Waals surface area contributed by atoms with Crippen LogP contribution >= 0.6 is 0 Å². The maximum atomic E-state index is 12.6. The lowest BCUT2D eigenvalue weighted by molar-refractivity contribution is -0.384. The standard InChI is InChI=1S/C17H12N4O3/c1-10-2-7-13-15(8-10)18-9-14-16(13)19-20(17(14)22)11-3-5-12(6-4-11)21(23)24/h2-9,19H,1H3. The highest BCUT2D eigenvalue weighted by Gasteiger charge is 2.13. The van der Waals surface area contributed by atoms with Gasteiger partial charge in [0.15, 0.2) is 0 Å². The van der Waals surface area contributed by atoms with Gasteiger partial charge in [-0.3, -0.25) is 25.0 Å². The highest BCUT2D eigenvalue weighted by atomic mass is 16.6. The molecule has 7 heteroatoms. The Balaban J connectivity index is 1.96. The molecule has 0 fully saturated rings. The lowest BCUT2D eigenvalue weighted by Crippen LogP contribution is -2.14. The maximum Gasteiger partial charge on any atom is 0.280 e. The highest BCUT2D eigenvalue weighted by Crippen LogP contribution is 2.22. The van der Waals surface area contributed by atoms with Crippen LogP contribution in [-0.2, 0) is 0 Å². The lowest BCUT2D eigenvalue weighted by Gasteiger charge is -2.01. The Kier molecular flexibility index (Phi) is 2.96. The van der Waals surface area contributed by atoms with Crippen molar-refractivity contribution in [2.24, 2.45) is 0 Å². The highest BCUT2D eigenvalue weighted by molar-refractivity contribution is 6.02. The number of hydrogen-bond acceptors (Lipinski definition) is 4. The summed E-state index contributed by atoms with van der Waals surface area (Å²) >= 11 is 0. The van der Waals surface area contributed by atoms with Gasteiger partial charge in [-0.15, -0.1) is 0 Å². The van der Waals surface area contributed by atoms with Crippen LogP contribution in [0.4, 0.5) is 5.69 Å². The second kappa shape index (κ2) is 5.02. The third-order valence-electron chi connectivity index (χ3n) is 4.00. The van der Waals surface area contributed by atoms with E-state index in [4.69, 9.17) is 0 Å². The Morgan fingerprint density at radius 2 is 1.88 bits per heavy atom. The lowest BCUT2D eigenvalue weighted by atomic mass is 10.1. The van der Waals surface area contributed by atoms with Gasteiger partial charge in [-0.2, -0.15) is 0 Å². The summed E-state index contributed by atoms with van der Waals surface area (Å²) < 4.78 is 1.37. The number of benzene rings is 2. The zero-order valence-electron chi connectivity index (χ0n) is 12.7. The van der Waals surface area contributed by atoms with Crippen molar-refractivity contribution in [3.8, 4) is 5.69 Å². The molecule has 0 saturated heterocycles. The molecule has 0 saturated carbocycles. The van der Waals surface area contributed by atoms with Crippen LogP contribution in [-0.4, -0.2) is 19.7 Å². The summed E-state index contributed by atoms with van der Waals surface area (Å²) in [6.07, 6.45) is 1.55. The van der Waals surface area contributed by atoms with E-state index < -0.39 is 4.92 Å². The van der Waals surface area contributed by atoms with Gasteiger partial charge in [0.1, 0.15) is 0 Å². The molecule has 0 unspecified atom stereocenters. The van der Waals surface area contributed by atoms with Crippen LogP contribution < -0.4 is 5.56 Å². The van der Waals surface area contributed by atoms with E-state index in [1.165, 1.54) is 28.9 Å². The molecule has 0 amide bonds. The van der Waals surface area contributed by atoms with Gasteiger partial charge in [-0.25, -0.2) is 4.68 Å². The van der Waals surface area contributed by atoms with Gasteiger partial charge in [-0.05, 0) is 30.7 Å². The molecule has 2 aromatic carbocycles. The largest absolute Gasteiger partial charge is 0.290 e. The van der Waals surface area contributed by atoms with E-state index in [1.54, 1.807) is 6.20 Å². The van der Waals surface area contributed by atoms with Crippen LogP contribution in [0.3, 0.4) is 0 Å². The summed E-state index contributed by atoms with van der Waals surface area (Å²) in [6, 6.07) is 11.7. The Labute approximate surface area is 135 Å². The first kappa shape index (κ1) is 14.1. The van der Waals surface area contributed by atoms with Crippen molar-refractivity contribution >= 4 is 27.5 Å². The van der Waals surface area contributed by atoms with Crippen molar-refractivity contribution in [3.05, 3.63) is 74.7 Å². The Morgan fingerprint density at radius 3 is 2.58 bits per heavy atom. The number of rotatable bonds is 2. The number of aromatic nitrogens is 3. The molecule has 0 atom stereocenters. The molecule has 4 rings (SSSR count). The summed E-state index contributed by atoms with van der Waals surface area (Å²) in [6.45, 7) is 1.98. The number of H-pyrrole nitrogens is 1. The number of non-ortho nitro benzene ring substituents is 1. The molecule has 0 aliphatic heterocycles. The van der Waals surface area contributed by atoms with Gasteiger partial charge in [0.25, 0.3) is 11.2 Å². The third-order valence-corrected chi connectivity index (χ3v) is 4.00. The van der Waals surface area contributed by atoms with Gasteiger partial charge in [0, 0.05) is 23.7 Å². The van der Waals surface area contributed by atoms with Gasteiger partial charge in [0.05, 0.1) is 27.0 Å². The predicted octanol–water partition coefficient (Wildman–Crippen LogP) is 3.08. The van der Waals surface area contributed by atoms with Crippen LogP contribution in [0.15, 0.2) is 53.5 Å². The smallest absolute Gasteiger partial charge is 0.280 e. The van der Waals surface area contributed by atoms with E-state index in [2.05, 4.69) is 10.1 Å². The number of nitrogens with one attached hydrogen (secondary N) is 1. The van der Waals surface area contributed by atoms with Crippen LogP contribution in [0.2, 0.25) is 0 Å². The maximum absolute atomic E-state index is 12.6. The molecule has 1 N–H and O–H groups in total. The number of pyridine rings is 1. The van der Waals surface area contributed by atoms with E-state index in [1.807, 2.05) is 25.1 Å². The Hall–Kier alpha value is -3.48. The molecule has 24 heavy (non-hydrogen) atoms. The topological polar surface area (TPSA) is 93.8 Å². The number of nitrogens with zero attached hydrogens (tertiary/aromatic N) is 3. The SMILES string of the molecule is Cc1ccc2c(c1)ncc1c(=O)n(-c3ccc([N+](=O)[O-])cc3)[nH]c12. The average molecular weight is 320 g/mol. The zero-order valence-corrected chi connectivity index (χ0v) is 12.7. The fourth-order valence-electron chi connectivity index (χ4n) is 2.77. The van der Waals surface area contributed by atoms with Crippen LogP contribution in [0.5, 0.6) is 0 Å². The summed E-state index contributed by atoms with van der Waals surface area (Å²) in [7, 11) is 0. The fraction of sp³-hybridized carbons (Fsp3) is 0.0588. The van der Waals surface area contributed by atoms with E-state index in [9.17, 15) is 14.9 Å². The van der Waals surface area contributed by atoms with E-state index in [0.29, 0.717) is 16.6 Å². The van der Waals surface area contributed by atoms with Crippen molar-refractivity contribution < 1.29 is 4.92 Å². The summed E-state index contributed by atoms with van der Waals surface area (Å²) in [5.74, 6) is 0. The van der Waals surface area contributed by atoms with Gasteiger partial charge >= 0.3 is 0 Å². The molecule has 2 aromatic heterocycles. The minimum atomic E-state index is -0.475. The first-order valence-corrected chi connectivity index (χ1v) is 7.29. The van der Waals surface area contributed by atoms with Crippen molar-refractivity contribution in [2.75, 3.05) is 0 Å².